The van der Waals surface area contributed by atoms with Crippen LogP contribution in [0.15, 0.2) is 11.1 Å². The summed E-state index contributed by atoms with van der Waals surface area (Å²) < 4.78 is 20.7. The number of imidazole rings is 1. The van der Waals surface area contributed by atoms with Crippen LogP contribution in [-0.4, -0.2) is 51.7 Å². The topological polar surface area (TPSA) is 117 Å². The third-order valence-electron chi connectivity index (χ3n) is 6.59. The summed E-state index contributed by atoms with van der Waals surface area (Å²) in [5, 5.41) is 0.226. The average molecular weight is 422 g/mol. The number of nitrogen functional groups attached to an aromatic ring is 1. The van der Waals surface area contributed by atoms with E-state index in [2.05, 4.69) is 48.8 Å². The number of aromatic nitrogens is 4. The van der Waals surface area contributed by atoms with E-state index >= 15 is 0 Å². The van der Waals surface area contributed by atoms with Gasteiger partial charge in [0.25, 0.3) is 5.56 Å². The lowest BCUT2D eigenvalue weighted by Gasteiger charge is -2.39. The van der Waals surface area contributed by atoms with Crippen LogP contribution in [0.4, 0.5) is 5.95 Å². The minimum Gasteiger partial charge on any atom is -0.369 e. The maximum absolute atomic E-state index is 12.2. The Balaban J connectivity index is 1.73. The normalized spacial score (nSPS) is 29.5. The summed E-state index contributed by atoms with van der Waals surface area (Å²) >= 11 is 0. The number of nitrogens with two attached hydrogens (primary N) is 1. The third kappa shape index (κ3) is 3.41. The molecule has 0 aromatic carbocycles. The highest BCUT2D eigenvalue weighted by atomic mass is 28.3. The van der Waals surface area contributed by atoms with Gasteiger partial charge in [0.1, 0.15) is 12.2 Å². The molecule has 2 fully saturated rings. The van der Waals surface area contributed by atoms with Crippen molar-refractivity contribution in [3.8, 4) is 0 Å². The van der Waals surface area contributed by atoms with Crippen LogP contribution in [-0.2, 0) is 14.2 Å². The highest BCUT2D eigenvalue weighted by Gasteiger charge is 2.57. The summed E-state index contributed by atoms with van der Waals surface area (Å²) in [5.41, 5.74) is 6.00. The van der Waals surface area contributed by atoms with Crippen LogP contribution in [0.1, 0.15) is 40.8 Å². The Morgan fingerprint density at radius 3 is 2.59 bits per heavy atom. The van der Waals surface area contributed by atoms with Crippen LogP contribution in [0.25, 0.3) is 11.2 Å². The summed E-state index contributed by atoms with van der Waals surface area (Å²) in [4.78, 5) is 23.2. The minimum absolute atomic E-state index is 0.0422. The molecule has 10 heteroatoms. The molecule has 0 spiro atoms. The van der Waals surface area contributed by atoms with Gasteiger partial charge < -0.3 is 19.9 Å². The van der Waals surface area contributed by atoms with Gasteiger partial charge in [0.05, 0.1) is 20.5 Å². The first-order valence-corrected chi connectivity index (χ1v) is 13.2. The molecular formula is C19H31N5O4Si. The standard InChI is InChI=1S/C19H31N5O4Si/c1-18(2,3)29(6,7)8-10-12-13(28-19(4,5)27-12)16(26-10)24-9-21-11-14(24)22-17(20)23-15(11)25/h9-10,12-13,16H,8H2,1-7H3,(H3,20,22,23,25)/t10-,12-,13-,16-/m1/s1. The first-order chi connectivity index (χ1) is 13.3. The molecule has 2 aliphatic heterocycles. The van der Waals surface area contributed by atoms with Crippen LogP contribution >= 0.6 is 0 Å². The monoisotopic (exact) mass is 421 g/mol. The first-order valence-electron chi connectivity index (χ1n) is 10.0. The molecule has 2 aromatic heterocycles. The van der Waals surface area contributed by atoms with E-state index < -0.39 is 20.1 Å². The van der Waals surface area contributed by atoms with E-state index in [1.54, 1.807) is 10.9 Å². The number of ether oxygens (including phenoxy) is 3. The average Bonchev–Trinajstić information content (AvgIpc) is 3.18. The van der Waals surface area contributed by atoms with Gasteiger partial charge >= 0.3 is 0 Å². The van der Waals surface area contributed by atoms with Crippen molar-refractivity contribution in [2.45, 2.75) is 89.1 Å². The molecule has 0 amide bonds. The Kier molecular flexibility index (Phi) is 4.51. The summed E-state index contributed by atoms with van der Waals surface area (Å²) in [6.07, 6.45) is 0.456. The van der Waals surface area contributed by atoms with Gasteiger partial charge in [-0.3, -0.25) is 14.3 Å². The fourth-order valence-corrected chi connectivity index (χ4v) is 5.93. The highest BCUT2D eigenvalue weighted by Crippen LogP contribution is 2.48. The molecule has 3 N–H and O–H groups in total. The van der Waals surface area contributed by atoms with Crippen LogP contribution in [0.5, 0.6) is 0 Å². The van der Waals surface area contributed by atoms with Crippen molar-refractivity contribution in [1.82, 2.24) is 19.5 Å². The van der Waals surface area contributed by atoms with Crippen molar-refractivity contribution in [3.05, 3.63) is 16.7 Å². The van der Waals surface area contributed by atoms with Gasteiger partial charge in [-0.25, -0.2) is 4.98 Å². The summed E-state index contributed by atoms with van der Waals surface area (Å²) in [6, 6.07) is 0.941. The molecule has 4 atom stereocenters. The van der Waals surface area contributed by atoms with Crippen molar-refractivity contribution in [2.24, 2.45) is 0 Å². The number of H-pyrrole nitrogens is 1. The van der Waals surface area contributed by atoms with E-state index in [1.165, 1.54) is 0 Å². The largest absolute Gasteiger partial charge is 0.369 e. The molecule has 0 aliphatic carbocycles. The molecule has 160 valence electrons. The fourth-order valence-electron chi connectivity index (χ4n) is 3.99. The van der Waals surface area contributed by atoms with Gasteiger partial charge in [0.2, 0.25) is 5.95 Å². The second kappa shape index (κ2) is 6.37. The number of hydrogen-bond donors (Lipinski definition) is 2. The molecule has 29 heavy (non-hydrogen) atoms. The quantitative estimate of drug-likeness (QED) is 0.732. The number of nitrogens with one attached hydrogen (secondary N) is 1. The maximum Gasteiger partial charge on any atom is 0.280 e. The summed E-state index contributed by atoms with van der Waals surface area (Å²) in [6.45, 7) is 15.5. The molecule has 2 saturated heterocycles. The van der Waals surface area contributed by atoms with Crippen molar-refractivity contribution in [2.75, 3.05) is 5.73 Å². The Hall–Kier alpha value is -1.75. The lowest BCUT2D eigenvalue weighted by molar-refractivity contribution is -0.194. The van der Waals surface area contributed by atoms with Crippen molar-refractivity contribution < 1.29 is 14.2 Å². The Morgan fingerprint density at radius 2 is 1.93 bits per heavy atom. The summed E-state index contributed by atoms with van der Waals surface area (Å²) in [7, 11) is -1.64. The minimum atomic E-state index is -1.64. The van der Waals surface area contributed by atoms with Crippen LogP contribution in [0, 0.1) is 0 Å². The molecule has 9 nitrogen and oxygen atoms in total. The van der Waals surface area contributed by atoms with Crippen molar-refractivity contribution in [3.63, 3.8) is 0 Å². The van der Waals surface area contributed by atoms with E-state index in [-0.39, 0.29) is 40.4 Å². The number of aromatic amines is 1. The highest BCUT2D eigenvalue weighted by molar-refractivity contribution is 6.80. The fraction of sp³-hybridized carbons (Fsp3) is 0.737. The van der Waals surface area contributed by atoms with Crippen molar-refractivity contribution >= 4 is 25.2 Å². The zero-order chi connectivity index (χ0) is 21.4. The number of fused-ring (bicyclic) bond motifs is 2. The number of anilines is 1. The molecule has 2 aromatic rings. The number of nitrogens with zero attached hydrogens (tertiary/aromatic N) is 3. The van der Waals surface area contributed by atoms with E-state index in [1.807, 2.05) is 13.8 Å². The van der Waals surface area contributed by atoms with Crippen LogP contribution < -0.4 is 11.3 Å². The molecule has 0 unspecified atom stereocenters. The second-order valence-electron chi connectivity index (χ2n) is 10.2. The molecule has 4 heterocycles. The lowest BCUT2D eigenvalue weighted by Crippen LogP contribution is -2.43. The zero-order valence-electron chi connectivity index (χ0n) is 18.1. The molecule has 0 bridgehead atoms. The van der Waals surface area contributed by atoms with Gasteiger partial charge in [0.15, 0.2) is 23.2 Å². The predicted molar refractivity (Wildman–Crippen MR) is 112 cm³/mol. The lowest BCUT2D eigenvalue weighted by atomic mass is 10.1. The molecule has 2 aliphatic rings. The molecular weight excluding hydrogens is 390 g/mol. The van der Waals surface area contributed by atoms with Gasteiger partial charge in [-0.1, -0.05) is 33.9 Å². The van der Waals surface area contributed by atoms with E-state index in [0.29, 0.717) is 5.65 Å². The Bertz CT molecular complexity index is 993. The molecule has 0 radical (unpaired) electrons. The SMILES string of the molecule is CC1(C)O[C@@H]2[C@H](O1)[C@@H](C[Si](C)(C)C(C)(C)C)O[C@H]2n1cnc2c(=O)[nH]c(N)nc21. The zero-order valence-corrected chi connectivity index (χ0v) is 19.1. The molecule has 0 saturated carbocycles. The van der Waals surface area contributed by atoms with Crippen LogP contribution in [0.3, 0.4) is 0 Å². The number of hydrogen-bond acceptors (Lipinski definition) is 7. The Morgan fingerprint density at radius 1 is 1.28 bits per heavy atom. The van der Waals surface area contributed by atoms with E-state index in [9.17, 15) is 4.79 Å². The smallest absolute Gasteiger partial charge is 0.280 e. The second-order valence-corrected chi connectivity index (χ2v) is 15.9. The van der Waals surface area contributed by atoms with E-state index in [4.69, 9.17) is 19.9 Å². The summed E-state index contributed by atoms with van der Waals surface area (Å²) in [5.74, 6) is -0.663. The number of rotatable bonds is 3. The van der Waals surface area contributed by atoms with E-state index in [0.717, 1.165) is 6.04 Å². The van der Waals surface area contributed by atoms with Crippen molar-refractivity contribution in [1.29, 1.82) is 0 Å². The van der Waals surface area contributed by atoms with Gasteiger partial charge in [-0.2, -0.15) is 4.98 Å². The van der Waals surface area contributed by atoms with Crippen LogP contribution in [0.2, 0.25) is 24.2 Å². The third-order valence-corrected chi connectivity index (χ3v) is 12.1. The first kappa shape index (κ1) is 20.5. The van der Waals surface area contributed by atoms with Gasteiger partial charge in [-0.05, 0) is 24.9 Å². The van der Waals surface area contributed by atoms with Gasteiger partial charge in [-0.15, -0.1) is 0 Å². The Labute approximate surface area is 171 Å². The van der Waals surface area contributed by atoms with Gasteiger partial charge in [0, 0.05) is 0 Å². The molecule has 4 rings (SSSR count). The predicted octanol–water partition coefficient (Wildman–Crippen LogP) is 2.63. The maximum atomic E-state index is 12.2.